The molecule has 0 aliphatic heterocycles. The van der Waals surface area contributed by atoms with Gasteiger partial charge in [-0.15, -0.1) is 0 Å². The lowest BCUT2D eigenvalue weighted by Crippen LogP contribution is -2.24. The van der Waals surface area contributed by atoms with E-state index in [9.17, 15) is 19.5 Å². The van der Waals surface area contributed by atoms with Crippen molar-refractivity contribution in [2.75, 3.05) is 0 Å². The van der Waals surface area contributed by atoms with Crippen LogP contribution in [0.5, 0.6) is 5.88 Å². The maximum atomic E-state index is 12.9. The first-order valence-electron chi connectivity index (χ1n) is 8.91. The molecule has 0 unspecified atom stereocenters. The smallest absolute Gasteiger partial charge is 0.341 e. The molecule has 0 fully saturated rings. The number of nitrogens with zero attached hydrogens (tertiary/aromatic N) is 2. The van der Waals surface area contributed by atoms with Gasteiger partial charge in [-0.2, -0.15) is 0 Å². The van der Waals surface area contributed by atoms with Gasteiger partial charge in [-0.3, -0.25) is 9.36 Å². The highest BCUT2D eigenvalue weighted by Crippen LogP contribution is 2.24. The molecule has 0 atom stereocenters. The number of aryl methyl sites for hydroxylation is 1. The largest absolute Gasteiger partial charge is 0.493 e. The number of carboxylic acid groups (broad SMARTS) is 1. The quantitative estimate of drug-likeness (QED) is 0.464. The molecule has 0 saturated heterocycles. The third kappa shape index (κ3) is 3.37. The van der Waals surface area contributed by atoms with Crippen LogP contribution in [0.15, 0.2) is 58.3 Å². The molecule has 4 rings (SSSR count). The van der Waals surface area contributed by atoms with Crippen LogP contribution in [0.1, 0.15) is 21.5 Å². The minimum Gasteiger partial charge on any atom is -0.493 e. The van der Waals surface area contributed by atoms with Crippen molar-refractivity contribution in [3.8, 4) is 11.6 Å². The zero-order valence-corrected chi connectivity index (χ0v) is 16.5. The Morgan fingerprint density at radius 1 is 1.13 bits per heavy atom. The predicted octanol–water partition coefficient (Wildman–Crippen LogP) is 2.89. The van der Waals surface area contributed by atoms with Gasteiger partial charge in [-0.25, -0.2) is 14.2 Å². The van der Waals surface area contributed by atoms with Crippen molar-refractivity contribution in [1.82, 2.24) is 14.1 Å². The van der Waals surface area contributed by atoms with Crippen LogP contribution in [0.25, 0.3) is 16.6 Å². The predicted molar refractivity (Wildman–Crippen MR) is 112 cm³/mol. The van der Waals surface area contributed by atoms with Crippen molar-refractivity contribution in [2.24, 2.45) is 0 Å². The molecule has 2 aromatic heterocycles. The van der Waals surface area contributed by atoms with E-state index in [0.29, 0.717) is 27.2 Å². The van der Waals surface area contributed by atoms with Crippen LogP contribution in [-0.4, -0.2) is 30.3 Å². The van der Waals surface area contributed by atoms with Gasteiger partial charge >= 0.3 is 11.7 Å². The molecule has 2 heterocycles. The molecule has 152 valence electrons. The number of aromatic amines is 1. The fourth-order valence-corrected chi connectivity index (χ4v) is 3.60. The van der Waals surface area contributed by atoms with Crippen molar-refractivity contribution in [3.05, 3.63) is 91.2 Å². The van der Waals surface area contributed by atoms with E-state index in [1.807, 2.05) is 19.1 Å². The maximum absolute atomic E-state index is 12.9. The van der Waals surface area contributed by atoms with E-state index >= 15 is 0 Å². The number of hydrogen-bond acceptors (Lipinski definition) is 4. The third-order valence-electron chi connectivity index (χ3n) is 4.80. The highest BCUT2D eigenvalue weighted by Gasteiger charge is 2.16. The summed E-state index contributed by atoms with van der Waals surface area (Å²) in [7, 11) is 0. The minimum atomic E-state index is -1.35. The van der Waals surface area contributed by atoms with Crippen LogP contribution in [0, 0.1) is 6.92 Å². The van der Waals surface area contributed by atoms with E-state index in [0.717, 1.165) is 10.1 Å². The lowest BCUT2D eigenvalue weighted by molar-refractivity contribution is 0.0695. The topological polar surface area (TPSA) is 117 Å². The Morgan fingerprint density at radius 2 is 1.83 bits per heavy atom. The van der Waals surface area contributed by atoms with Gasteiger partial charge in [0.15, 0.2) is 0 Å². The zero-order valence-electron chi connectivity index (χ0n) is 15.7. The summed E-state index contributed by atoms with van der Waals surface area (Å²) in [5.74, 6) is -1.59. The standard InChI is InChI=1S/C21H16ClN3O5/c1-11-2-4-15(5-3-11)25-17(26)10-24(21(25)30)9-13-7-14(22)6-12-8-16(20(28)29)19(27)23-18(12)13/h2-8,10,26H,9H2,1H3,(H,23,27)(H,28,29). The second-order valence-electron chi connectivity index (χ2n) is 6.92. The number of carbonyl (C=O) groups is 1. The summed E-state index contributed by atoms with van der Waals surface area (Å²) in [6, 6.07) is 11.4. The number of imidazole rings is 1. The van der Waals surface area contributed by atoms with E-state index < -0.39 is 22.8 Å². The molecule has 8 nitrogen and oxygen atoms in total. The van der Waals surface area contributed by atoms with Crippen molar-refractivity contribution >= 4 is 28.5 Å². The van der Waals surface area contributed by atoms with Crippen LogP contribution in [0.3, 0.4) is 0 Å². The number of aromatic nitrogens is 3. The average Bonchev–Trinajstić information content (AvgIpc) is 2.96. The second-order valence-corrected chi connectivity index (χ2v) is 7.35. The summed E-state index contributed by atoms with van der Waals surface area (Å²) >= 11 is 6.17. The number of hydrogen-bond donors (Lipinski definition) is 3. The van der Waals surface area contributed by atoms with E-state index in [1.165, 1.54) is 22.9 Å². The van der Waals surface area contributed by atoms with Crippen LogP contribution >= 0.6 is 11.6 Å². The number of halogens is 1. The number of rotatable bonds is 4. The van der Waals surface area contributed by atoms with E-state index in [1.54, 1.807) is 18.2 Å². The molecule has 0 saturated carbocycles. The molecule has 2 aromatic carbocycles. The van der Waals surface area contributed by atoms with Gasteiger partial charge in [0.25, 0.3) is 5.56 Å². The van der Waals surface area contributed by atoms with Gasteiger partial charge in [-0.05, 0) is 42.8 Å². The number of pyridine rings is 1. The first kappa shape index (κ1) is 19.5. The van der Waals surface area contributed by atoms with E-state index in [2.05, 4.69) is 4.98 Å². The van der Waals surface area contributed by atoms with Gasteiger partial charge in [0.2, 0.25) is 5.88 Å². The lowest BCUT2D eigenvalue weighted by atomic mass is 10.1. The van der Waals surface area contributed by atoms with Crippen LogP contribution in [-0.2, 0) is 6.54 Å². The molecule has 0 aliphatic rings. The second kappa shape index (κ2) is 7.23. The summed E-state index contributed by atoms with van der Waals surface area (Å²) in [6.45, 7) is 1.92. The minimum absolute atomic E-state index is 0.00464. The Kier molecular flexibility index (Phi) is 4.71. The first-order chi connectivity index (χ1) is 14.2. The Hall–Kier alpha value is -3.78. The average molecular weight is 426 g/mol. The van der Waals surface area contributed by atoms with Crippen LogP contribution < -0.4 is 11.2 Å². The summed E-state index contributed by atoms with van der Waals surface area (Å²) in [4.78, 5) is 38.8. The molecule has 0 radical (unpaired) electrons. The van der Waals surface area contributed by atoms with Crippen LogP contribution in [0.2, 0.25) is 5.02 Å². The van der Waals surface area contributed by atoms with Crippen molar-refractivity contribution in [3.63, 3.8) is 0 Å². The van der Waals surface area contributed by atoms with Crippen LogP contribution in [0.4, 0.5) is 0 Å². The SMILES string of the molecule is Cc1ccc(-n2c(O)cn(Cc3cc(Cl)cc4cc(C(=O)O)c(=O)[nH]c34)c2=O)cc1. The van der Waals surface area contributed by atoms with Gasteiger partial charge in [0.05, 0.1) is 23.9 Å². The number of H-pyrrole nitrogens is 1. The molecule has 3 N–H and O–H groups in total. The summed E-state index contributed by atoms with van der Waals surface area (Å²) in [6.07, 6.45) is 1.29. The molecular formula is C21H16ClN3O5. The van der Waals surface area contributed by atoms with Crippen molar-refractivity contribution in [2.45, 2.75) is 13.5 Å². The Balaban J connectivity index is 1.84. The molecule has 9 heteroatoms. The summed E-state index contributed by atoms with van der Waals surface area (Å²) in [5, 5.41) is 20.2. The highest BCUT2D eigenvalue weighted by molar-refractivity contribution is 6.31. The monoisotopic (exact) mass is 425 g/mol. The summed E-state index contributed by atoms with van der Waals surface area (Å²) < 4.78 is 2.45. The fourth-order valence-electron chi connectivity index (χ4n) is 3.35. The van der Waals surface area contributed by atoms with Gasteiger partial charge < -0.3 is 15.2 Å². The highest BCUT2D eigenvalue weighted by atomic mass is 35.5. The third-order valence-corrected chi connectivity index (χ3v) is 5.02. The molecule has 30 heavy (non-hydrogen) atoms. The summed E-state index contributed by atoms with van der Waals surface area (Å²) in [5.41, 5.74) is 0.743. The molecule has 0 aliphatic carbocycles. The fraction of sp³-hybridized carbons (Fsp3) is 0.0952. The number of nitrogens with one attached hydrogen (secondary N) is 1. The van der Waals surface area contributed by atoms with Gasteiger partial charge in [-0.1, -0.05) is 29.3 Å². The number of benzene rings is 2. The van der Waals surface area contributed by atoms with Crippen molar-refractivity contribution < 1.29 is 15.0 Å². The molecular weight excluding hydrogens is 410 g/mol. The van der Waals surface area contributed by atoms with E-state index in [4.69, 9.17) is 16.7 Å². The number of carboxylic acids is 1. The number of fused-ring (bicyclic) bond motifs is 1. The van der Waals surface area contributed by atoms with Crippen molar-refractivity contribution in [1.29, 1.82) is 0 Å². The normalized spacial score (nSPS) is 11.1. The number of aromatic carboxylic acids is 1. The maximum Gasteiger partial charge on any atom is 0.341 e. The van der Waals surface area contributed by atoms with Gasteiger partial charge in [0, 0.05) is 10.4 Å². The lowest BCUT2D eigenvalue weighted by Gasteiger charge is -2.09. The molecule has 0 bridgehead atoms. The first-order valence-corrected chi connectivity index (χ1v) is 9.29. The molecule has 4 aromatic rings. The Bertz CT molecular complexity index is 1410. The molecule has 0 amide bonds. The Morgan fingerprint density at radius 3 is 2.50 bits per heavy atom. The molecule has 0 spiro atoms. The number of aromatic hydroxyl groups is 1. The zero-order chi connectivity index (χ0) is 21.6. The Labute approximate surface area is 174 Å². The van der Waals surface area contributed by atoms with Gasteiger partial charge in [0.1, 0.15) is 5.56 Å². The van der Waals surface area contributed by atoms with E-state index in [-0.39, 0.29) is 12.4 Å².